The Bertz CT molecular complexity index is 594. The third-order valence-electron chi connectivity index (χ3n) is 5.11. The molecule has 1 N–H and O–H groups in total. The second-order valence-electron chi connectivity index (χ2n) is 9.73. The zero-order valence-corrected chi connectivity index (χ0v) is 23.0. The van der Waals surface area contributed by atoms with Gasteiger partial charge in [0, 0.05) is 12.8 Å². The summed E-state index contributed by atoms with van der Waals surface area (Å²) in [4.78, 5) is 33.8. The average molecular weight is 511 g/mol. The van der Waals surface area contributed by atoms with Gasteiger partial charge in [-0.1, -0.05) is 65.2 Å². The van der Waals surface area contributed by atoms with Crippen molar-refractivity contribution >= 4 is 19.8 Å². The summed E-state index contributed by atoms with van der Waals surface area (Å²) in [5.74, 6) is -0.865. The minimum Gasteiger partial charge on any atom is -0.462 e. The molecule has 0 rings (SSSR count). The van der Waals surface area contributed by atoms with E-state index >= 15 is 0 Å². The average Bonchev–Trinajstić information content (AvgIpc) is 2.73. The van der Waals surface area contributed by atoms with Gasteiger partial charge in [-0.05, 0) is 12.8 Å². The van der Waals surface area contributed by atoms with Crippen molar-refractivity contribution < 1.29 is 42.1 Å². The zero-order chi connectivity index (χ0) is 25.9. The molecule has 9 nitrogen and oxygen atoms in total. The van der Waals surface area contributed by atoms with E-state index in [4.69, 9.17) is 18.5 Å². The minimum atomic E-state index is -4.32. The van der Waals surface area contributed by atoms with Gasteiger partial charge in [0.2, 0.25) is 0 Å². The van der Waals surface area contributed by atoms with E-state index in [0.29, 0.717) is 23.9 Å². The van der Waals surface area contributed by atoms with Crippen LogP contribution in [0.2, 0.25) is 0 Å². The van der Waals surface area contributed by atoms with Crippen LogP contribution in [-0.4, -0.2) is 74.9 Å². The van der Waals surface area contributed by atoms with Gasteiger partial charge in [-0.2, -0.15) is 0 Å². The summed E-state index contributed by atoms with van der Waals surface area (Å²) in [6.07, 6.45) is 10.4. The maximum absolute atomic E-state index is 12.3. The summed E-state index contributed by atoms with van der Waals surface area (Å²) in [5, 5.41) is 0. The number of phosphoric acid groups is 1. The van der Waals surface area contributed by atoms with E-state index in [2.05, 4.69) is 6.92 Å². The summed E-state index contributed by atoms with van der Waals surface area (Å²) >= 11 is 0. The first kappa shape index (κ1) is 33.0. The van der Waals surface area contributed by atoms with E-state index < -0.39 is 32.5 Å². The lowest BCUT2D eigenvalue weighted by molar-refractivity contribution is -0.870. The number of carbonyl (C=O) groups excluding carboxylic acids is 2. The van der Waals surface area contributed by atoms with E-state index in [-0.39, 0.29) is 26.1 Å². The Hall–Kier alpha value is -0.990. The Balaban J connectivity index is 4.43. The molecule has 0 amide bonds. The van der Waals surface area contributed by atoms with Gasteiger partial charge in [-0.15, -0.1) is 0 Å². The molecule has 0 aliphatic carbocycles. The first-order valence-electron chi connectivity index (χ1n) is 12.8. The molecule has 0 heterocycles. The number of hydrogen-bond acceptors (Lipinski definition) is 7. The molecule has 0 aliphatic heterocycles. The third-order valence-corrected chi connectivity index (χ3v) is 6.09. The number of unbranched alkanes of at least 4 members (excludes halogenated alkanes) is 8. The van der Waals surface area contributed by atoms with Crippen LogP contribution in [0.4, 0.5) is 0 Å². The fraction of sp³-hybridized carbons (Fsp3) is 0.917. The van der Waals surface area contributed by atoms with Crippen LogP contribution in [0.5, 0.6) is 0 Å². The van der Waals surface area contributed by atoms with Gasteiger partial charge in [0.15, 0.2) is 6.10 Å². The largest absolute Gasteiger partial charge is 0.472 e. The van der Waals surface area contributed by atoms with E-state index in [1.165, 1.54) is 38.5 Å². The van der Waals surface area contributed by atoms with E-state index in [9.17, 15) is 19.0 Å². The van der Waals surface area contributed by atoms with Crippen LogP contribution in [0.15, 0.2) is 0 Å². The number of phosphoric ester groups is 1. The van der Waals surface area contributed by atoms with Gasteiger partial charge in [0.05, 0.1) is 27.7 Å². The van der Waals surface area contributed by atoms with Crippen molar-refractivity contribution in [3.63, 3.8) is 0 Å². The van der Waals surface area contributed by atoms with Crippen LogP contribution >= 0.6 is 7.82 Å². The van der Waals surface area contributed by atoms with Crippen molar-refractivity contribution in [2.45, 2.75) is 97.0 Å². The maximum Gasteiger partial charge on any atom is 0.472 e. The summed E-state index contributed by atoms with van der Waals surface area (Å²) in [7, 11) is 1.47. The second kappa shape index (κ2) is 19.2. The molecule has 0 fully saturated rings. The minimum absolute atomic E-state index is 0.0336. The molecular formula is C24H49NO8P+. The van der Waals surface area contributed by atoms with Crippen molar-refractivity contribution in [2.24, 2.45) is 0 Å². The van der Waals surface area contributed by atoms with Gasteiger partial charge in [-0.3, -0.25) is 18.6 Å². The lowest BCUT2D eigenvalue weighted by Gasteiger charge is -2.24. The first-order valence-corrected chi connectivity index (χ1v) is 14.3. The smallest absolute Gasteiger partial charge is 0.462 e. The summed E-state index contributed by atoms with van der Waals surface area (Å²) in [5.41, 5.74) is 0. The van der Waals surface area contributed by atoms with E-state index in [0.717, 1.165) is 12.8 Å². The number of esters is 2. The van der Waals surface area contributed by atoms with Crippen LogP contribution in [0.1, 0.15) is 90.9 Å². The molecule has 202 valence electrons. The molecule has 0 aromatic heterocycles. The molecule has 0 saturated heterocycles. The van der Waals surface area contributed by atoms with Crippen molar-refractivity contribution in [1.82, 2.24) is 0 Å². The van der Waals surface area contributed by atoms with Gasteiger partial charge in [0.25, 0.3) is 0 Å². The molecule has 2 atom stereocenters. The zero-order valence-electron chi connectivity index (χ0n) is 22.1. The SMILES string of the molecule is CCCCCCCCCCCC(=O)O[C@@H](COC(=O)CCC)COP(=O)(O)OCC[N+](C)(C)C. The molecular weight excluding hydrogens is 461 g/mol. The van der Waals surface area contributed by atoms with Crippen LogP contribution in [0.25, 0.3) is 0 Å². The van der Waals surface area contributed by atoms with E-state index in [1.807, 2.05) is 28.1 Å². The molecule has 0 bridgehead atoms. The molecule has 0 saturated carbocycles. The quantitative estimate of drug-likeness (QED) is 0.0938. The van der Waals surface area contributed by atoms with Gasteiger partial charge < -0.3 is 18.9 Å². The topological polar surface area (TPSA) is 108 Å². The fourth-order valence-corrected chi connectivity index (χ4v) is 3.79. The molecule has 0 radical (unpaired) electrons. The number of likely N-dealkylation sites (N-methyl/N-ethyl adjacent to an activating group) is 1. The standard InChI is InChI=1S/C24H48NO8P/c1-6-8-9-10-11-12-13-14-15-17-24(27)33-22(20-30-23(26)16-7-2)21-32-34(28,29)31-19-18-25(3,4)5/h22H,6-21H2,1-5H3/p+1/t22-/m0/s1. The highest BCUT2D eigenvalue weighted by Gasteiger charge is 2.26. The Labute approximate surface area is 206 Å². The molecule has 0 aromatic rings. The van der Waals surface area contributed by atoms with Crippen molar-refractivity contribution in [3.05, 3.63) is 0 Å². The Morgan fingerprint density at radius 2 is 1.38 bits per heavy atom. The maximum atomic E-state index is 12.3. The van der Waals surface area contributed by atoms with Gasteiger partial charge in [0.1, 0.15) is 19.8 Å². The normalized spacial score (nSPS) is 14.4. The highest BCUT2D eigenvalue weighted by molar-refractivity contribution is 7.47. The van der Waals surface area contributed by atoms with Crippen molar-refractivity contribution in [3.8, 4) is 0 Å². The number of hydrogen-bond donors (Lipinski definition) is 1. The Morgan fingerprint density at radius 3 is 1.94 bits per heavy atom. The lowest BCUT2D eigenvalue weighted by Crippen LogP contribution is -2.37. The highest BCUT2D eigenvalue weighted by Crippen LogP contribution is 2.43. The van der Waals surface area contributed by atoms with Crippen LogP contribution in [-0.2, 0) is 32.7 Å². The highest BCUT2D eigenvalue weighted by atomic mass is 31.2. The number of quaternary nitrogens is 1. The first-order chi connectivity index (χ1) is 16.0. The predicted molar refractivity (Wildman–Crippen MR) is 132 cm³/mol. The van der Waals surface area contributed by atoms with Crippen molar-refractivity contribution in [2.75, 3.05) is 47.5 Å². The second-order valence-corrected chi connectivity index (χ2v) is 11.2. The molecule has 0 aromatic carbocycles. The summed E-state index contributed by atoms with van der Waals surface area (Å²) in [6, 6.07) is 0. The number of ether oxygens (including phenoxy) is 2. The van der Waals surface area contributed by atoms with E-state index in [1.54, 1.807) is 0 Å². The molecule has 0 aliphatic rings. The summed E-state index contributed by atoms with van der Waals surface area (Å²) < 4.78 is 33.2. The third kappa shape index (κ3) is 21.5. The molecule has 34 heavy (non-hydrogen) atoms. The number of carbonyl (C=O) groups is 2. The number of nitrogens with zero attached hydrogens (tertiary/aromatic N) is 1. The summed E-state index contributed by atoms with van der Waals surface area (Å²) in [6.45, 7) is 3.96. The predicted octanol–water partition coefficient (Wildman–Crippen LogP) is 5.00. The fourth-order valence-electron chi connectivity index (χ4n) is 3.05. The van der Waals surface area contributed by atoms with Gasteiger partial charge >= 0.3 is 19.8 Å². The lowest BCUT2D eigenvalue weighted by atomic mass is 10.1. The van der Waals surface area contributed by atoms with Crippen LogP contribution in [0, 0.1) is 0 Å². The van der Waals surface area contributed by atoms with Gasteiger partial charge in [-0.25, -0.2) is 4.57 Å². The number of rotatable bonds is 22. The molecule has 0 spiro atoms. The Morgan fingerprint density at radius 1 is 0.794 bits per heavy atom. The Kier molecular flexibility index (Phi) is 18.7. The van der Waals surface area contributed by atoms with Crippen molar-refractivity contribution in [1.29, 1.82) is 0 Å². The molecule has 1 unspecified atom stereocenters. The molecule has 10 heteroatoms. The van der Waals surface area contributed by atoms with Crippen LogP contribution < -0.4 is 0 Å². The van der Waals surface area contributed by atoms with Crippen LogP contribution in [0.3, 0.4) is 0 Å². The monoisotopic (exact) mass is 510 g/mol.